The summed E-state index contributed by atoms with van der Waals surface area (Å²) in [6, 6.07) is 11.9. The summed E-state index contributed by atoms with van der Waals surface area (Å²) in [6.07, 6.45) is 1.56. The van der Waals surface area contributed by atoms with E-state index >= 15 is 0 Å². The van der Waals surface area contributed by atoms with E-state index in [0.717, 1.165) is 16.4 Å². The minimum absolute atomic E-state index is 0.150. The molecule has 4 aromatic rings. The Hall–Kier alpha value is -3.28. The van der Waals surface area contributed by atoms with Gasteiger partial charge in [0.2, 0.25) is 0 Å². The third-order valence-corrected chi connectivity index (χ3v) is 3.84. The van der Waals surface area contributed by atoms with E-state index in [0.29, 0.717) is 16.8 Å². The Bertz CT molecular complexity index is 1080. The fourth-order valence-electron chi connectivity index (χ4n) is 2.65. The number of aromatic hydroxyl groups is 1. The van der Waals surface area contributed by atoms with E-state index < -0.39 is 0 Å². The molecule has 6 nitrogen and oxygen atoms in total. The maximum Gasteiger partial charge on any atom is 0.280 e. The van der Waals surface area contributed by atoms with Crippen LogP contribution in [-0.4, -0.2) is 27.0 Å². The number of phenols is 1. The minimum Gasteiger partial charge on any atom is -0.508 e. The monoisotopic (exact) mass is 307 g/mol. The molecule has 0 amide bonds. The highest BCUT2D eigenvalue weighted by atomic mass is 16.5. The molecule has 0 saturated carbocycles. The van der Waals surface area contributed by atoms with Crippen LogP contribution in [0, 0.1) is 0 Å². The number of hydrogen-bond acceptors (Lipinski definition) is 4. The molecule has 0 bridgehead atoms. The Morgan fingerprint density at radius 1 is 1.13 bits per heavy atom. The van der Waals surface area contributed by atoms with Crippen LogP contribution in [0.1, 0.15) is 0 Å². The molecule has 0 atom stereocenters. The molecule has 114 valence electrons. The molecule has 0 fully saturated rings. The number of ether oxygens (including phenoxy) is 1. The molecule has 23 heavy (non-hydrogen) atoms. The van der Waals surface area contributed by atoms with E-state index in [-0.39, 0.29) is 11.3 Å². The Balaban J connectivity index is 2.01. The molecule has 0 aliphatic carbocycles. The summed E-state index contributed by atoms with van der Waals surface area (Å²) < 4.78 is 6.64. The fourth-order valence-corrected chi connectivity index (χ4v) is 2.65. The van der Waals surface area contributed by atoms with Gasteiger partial charge in [0.15, 0.2) is 0 Å². The van der Waals surface area contributed by atoms with E-state index in [2.05, 4.69) is 10.1 Å². The fraction of sp³-hybridized carbons (Fsp3) is 0.0588. The van der Waals surface area contributed by atoms with Gasteiger partial charge in [-0.25, -0.2) is 4.68 Å². The molecule has 0 aliphatic rings. The Labute approximate surface area is 130 Å². The maximum atomic E-state index is 12.6. The van der Waals surface area contributed by atoms with Crippen LogP contribution in [0.4, 0.5) is 0 Å². The number of pyridine rings is 1. The number of aromatic amines is 1. The number of nitrogens with zero attached hydrogens (tertiary/aromatic N) is 2. The van der Waals surface area contributed by atoms with Gasteiger partial charge >= 0.3 is 0 Å². The zero-order valence-electron chi connectivity index (χ0n) is 12.3. The number of phenolic OH excluding ortho intramolecular Hbond substituents is 1. The summed E-state index contributed by atoms with van der Waals surface area (Å²) >= 11 is 0. The molecule has 0 aliphatic heterocycles. The highest BCUT2D eigenvalue weighted by Crippen LogP contribution is 2.24. The second-order valence-electron chi connectivity index (χ2n) is 5.20. The van der Waals surface area contributed by atoms with E-state index in [9.17, 15) is 9.90 Å². The van der Waals surface area contributed by atoms with Gasteiger partial charge in [-0.05, 0) is 36.4 Å². The first-order chi connectivity index (χ1) is 11.2. The smallest absolute Gasteiger partial charge is 0.280 e. The number of rotatable bonds is 2. The summed E-state index contributed by atoms with van der Waals surface area (Å²) in [6.45, 7) is 0. The first-order valence-corrected chi connectivity index (χ1v) is 7.04. The van der Waals surface area contributed by atoms with Crippen LogP contribution in [0.15, 0.2) is 53.5 Å². The van der Waals surface area contributed by atoms with Crippen LogP contribution < -0.4 is 10.3 Å². The largest absolute Gasteiger partial charge is 0.508 e. The first kappa shape index (κ1) is 13.4. The van der Waals surface area contributed by atoms with Gasteiger partial charge < -0.3 is 9.84 Å². The van der Waals surface area contributed by atoms with Gasteiger partial charge in [-0.15, -0.1) is 0 Å². The van der Waals surface area contributed by atoms with E-state index in [1.54, 1.807) is 25.4 Å². The van der Waals surface area contributed by atoms with Crippen LogP contribution in [0.5, 0.6) is 11.5 Å². The van der Waals surface area contributed by atoms with Crippen molar-refractivity contribution in [1.82, 2.24) is 14.8 Å². The molecule has 0 radical (unpaired) electrons. The summed E-state index contributed by atoms with van der Waals surface area (Å²) in [4.78, 5) is 16.9. The highest BCUT2D eigenvalue weighted by Gasteiger charge is 2.12. The molecule has 2 N–H and O–H groups in total. The number of benzene rings is 2. The van der Waals surface area contributed by atoms with Crippen LogP contribution in [0.2, 0.25) is 0 Å². The zero-order valence-corrected chi connectivity index (χ0v) is 12.3. The Morgan fingerprint density at radius 2 is 1.91 bits per heavy atom. The van der Waals surface area contributed by atoms with Gasteiger partial charge in [-0.1, -0.05) is 0 Å². The lowest BCUT2D eigenvalue weighted by molar-refractivity contribution is 0.415. The number of aromatic nitrogens is 3. The highest BCUT2D eigenvalue weighted by molar-refractivity contribution is 6.03. The SMILES string of the molecule is COc1ccc2c(c1)ncc1c(=O)n(-c3ccc(O)cc3)[nH]c12. The predicted molar refractivity (Wildman–Crippen MR) is 87.4 cm³/mol. The number of methoxy groups -OCH3 is 1. The van der Waals surface area contributed by atoms with Crippen molar-refractivity contribution in [2.45, 2.75) is 0 Å². The van der Waals surface area contributed by atoms with Gasteiger partial charge in [-0.2, -0.15) is 0 Å². The van der Waals surface area contributed by atoms with Crippen molar-refractivity contribution in [1.29, 1.82) is 0 Å². The van der Waals surface area contributed by atoms with Gasteiger partial charge in [0.05, 0.1) is 29.2 Å². The number of nitrogens with one attached hydrogen (secondary N) is 1. The zero-order chi connectivity index (χ0) is 16.0. The van der Waals surface area contributed by atoms with Crippen molar-refractivity contribution in [2.24, 2.45) is 0 Å². The number of fused-ring (bicyclic) bond motifs is 3. The molecule has 4 rings (SSSR count). The van der Waals surface area contributed by atoms with Crippen molar-refractivity contribution in [3.05, 3.63) is 59.0 Å². The summed E-state index contributed by atoms with van der Waals surface area (Å²) in [5.41, 5.74) is 1.92. The topological polar surface area (TPSA) is 80.1 Å². The van der Waals surface area contributed by atoms with Crippen molar-refractivity contribution in [2.75, 3.05) is 7.11 Å². The Kier molecular flexibility index (Phi) is 2.84. The predicted octanol–water partition coefficient (Wildman–Crippen LogP) is 2.58. The van der Waals surface area contributed by atoms with Gasteiger partial charge in [0, 0.05) is 17.6 Å². The molecule has 0 unspecified atom stereocenters. The van der Waals surface area contributed by atoms with Crippen molar-refractivity contribution < 1.29 is 9.84 Å². The molecule has 0 saturated heterocycles. The number of H-pyrrole nitrogens is 1. The molecule has 6 heteroatoms. The lowest BCUT2D eigenvalue weighted by atomic mass is 10.1. The summed E-state index contributed by atoms with van der Waals surface area (Å²) in [7, 11) is 1.60. The maximum absolute atomic E-state index is 12.6. The van der Waals surface area contributed by atoms with Crippen molar-refractivity contribution in [3.8, 4) is 17.2 Å². The third kappa shape index (κ3) is 2.03. The molecule has 0 spiro atoms. The Morgan fingerprint density at radius 3 is 2.65 bits per heavy atom. The van der Waals surface area contributed by atoms with Gasteiger partial charge in [-0.3, -0.25) is 14.9 Å². The van der Waals surface area contributed by atoms with E-state index in [1.807, 2.05) is 18.2 Å². The van der Waals surface area contributed by atoms with Crippen molar-refractivity contribution in [3.63, 3.8) is 0 Å². The molecule has 2 aromatic carbocycles. The van der Waals surface area contributed by atoms with Crippen molar-refractivity contribution >= 4 is 21.8 Å². The minimum atomic E-state index is -0.184. The van der Waals surface area contributed by atoms with Gasteiger partial charge in [0.1, 0.15) is 11.5 Å². The van der Waals surface area contributed by atoms with E-state index in [1.165, 1.54) is 16.8 Å². The van der Waals surface area contributed by atoms with Crippen LogP contribution in [0.3, 0.4) is 0 Å². The van der Waals surface area contributed by atoms with Gasteiger partial charge in [0.25, 0.3) is 5.56 Å². The van der Waals surface area contributed by atoms with Crippen LogP contribution in [-0.2, 0) is 0 Å². The average molecular weight is 307 g/mol. The third-order valence-electron chi connectivity index (χ3n) is 3.84. The quantitative estimate of drug-likeness (QED) is 0.596. The lowest BCUT2D eigenvalue weighted by Crippen LogP contribution is -2.13. The van der Waals surface area contributed by atoms with Crippen LogP contribution in [0.25, 0.3) is 27.5 Å². The molecule has 2 aromatic heterocycles. The molecule has 2 heterocycles. The normalized spacial score (nSPS) is 11.2. The van der Waals surface area contributed by atoms with E-state index in [4.69, 9.17) is 4.74 Å². The summed E-state index contributed by atoms with van der Waals surface area (Å²) in [5.74, 6) is 0.863. The second-order valence-corrected chi connectivity index (χ2v) is 5.20. The lowest BCUT2D eigenvalue weighted by Gasteiger charge is -2.02. The average Bonchev–Trinajstić information content (AvgIpc) is 2.92. The molecular formula is C17H13N3O3. The second kappa shape index (κ2) is 4.88. The summed E-state index contributed by atoms with van der Waals surface area (Å²) in [5, 5.41) is 13.9. The standard InChI is InChI=1S/C17H13N3O3/c1-23-12-6-7-13-15(8-12)18-9-14-16(13)19-20(17(14)22)10-2-4-11(21)5-3-10/h2-9,19,21H,1H3. The van der Waals surface area contributed by atoms with Crippen LogP contribution >= 0.6 is 0 Å². The molecular weight excluding hydrogens is 294 g/mol. The first-order valence-electron chi connectivity index (χ1n) is 7.04. The number of hydrogen-bond donors (Lipinski definition) is 2.